The van der Waals surface area contributed by atoms with Crippen LogP contribution in [-0.4, -0.2) is 47.4 Å². The van der Waals surface area contributed by atoms with Gasteiger partial charge in [0, 0.05) is 37.4 Å². The van der Waals surface area contributed by atoms with Crippen LogP contribution < -0.4 is 10.6 Å². The zero-order valence-electron chi connectivity index (χ0n) is 17.3. The minimum Gasteiger partial charge on any atom is -0.359 e. The molecule has 6 heteroatoms. The summed E-state index contributed by atoms with van der Waals surface area (Å²) in [5.74, 6) is 0.592. The van der Waals surface area contributed by atoms with Gasteiger partial charge < -0.3 is 15.6 Å². The molecule has 1 aromatic carbocycles. The lowest BCUT2D eigenvalue weighted by molar-refractivity contribution is -0.134. The molecule has 156 valence electrons. The molecule has 0 radical (unpaired) electrons. The molecule has 2 amide bonds. The van der Waals surface area contributed by atoms with Crippen molar-refractivity contribution in [2.24, 2.45) is 5.92 Å². The molecule has 2 heterocycles. The molecule has 1 saturated heterocycles. The van der Waals surface area contributed by atoms with Gasteiger partial charge >= 0.3 is 0 Å². The van der Waals surface area contributed by atoms with E-state index in [0.717, 1.165) is 35.2 Å². The van der Waals surface area contributed by atoms with Gasteiger partial charge in [0.25, 0.3) is 0 Å². The minimum absolute atomic E-state index is 0.00794. The van der Waals surface area contributed by atoms with Crippen LogP contribution in [0, 0.1) is 12.8 Å². The molecule has 3 N–H and O–H groups in total. The van der Waals surface area contributed by atoms with Crippen molar-refractivity contribution < 1.29 is 9.59 Å². The van der Waals surface area contributed by atoms with Crippen LogP contribution in [-0.2, 0) is 16.1 Å². The molecule has 6 nitrogen and oxygen atoms in total. The Balaban J connectivity index is 1.33. The normalized spacial score (nSPS) is 21.3. The quantitative estimate of drug-likeness (QED) is 0.703. The van der Waals surface area contributed by atoms with Crippen LogP contribution in [0.25, 0.3) is 10.9 Å². The Bertz CT molecular complexity index is 869. The second-order valence-electron chi connectivity index (χ2n) is 8.66. The van der Waals surface area contributed by atoms with Crippen LogP contribution in [0.2, 0.25) is 0 Å². The van der Waals surface area contributed by atoms with Crippen LogP contribution in [0.3, 0.4) is 0 Å². The first-order valence-corrected chi connectivity index (χ1v) is 11.0. The highest BCUT2D eigenvalue weighted by Crippen LogP contribution is 2.26. The zero-order valence-corrected chi connectivity index (χ0v) is 17.3. The van der Waals surface area contributed by atoms with Crippen molar-refractivity contribution in [1.82, 2.24) is 20.5 Å². The topological polar surface area (TPSA) is 77.2 Å². The van der Waals surface area contributed by atoms with Gasteiger partial charge in [0.2, 0.25) is 11.8 Å². The summed E-state index contributed by atoms with van der Waals surface area (Å²) < 4.78 is 0. The number of amides is 2. The molecule has 0 bridgehead atoms. The van der Waals surface area contributed by atoms with Gasteiger partial charge in [0.15, 0.2) is 0 Å². The van der Waals surface area contributed by atoms with Crippen molar-refractivity contribution in [3.05, 3.63) is 35.5 Å². The first kappa shape index (κ1) is 20.0. The lowest BCUT2D eigenvalue weighted by Crippen LogP contribution is -2.57. The molecular formula is C23H32N4O2. The van der Waals surface area contributed by atoms with Crippen LogP contribution in [0.15, 0.2) is 24.3 Å². The number of nitrogens with zero attached hydrogens (tertiary/aromatic N) is 1. The number of nitrogens with one attached hydrogen (secondary N) is 3. The molecule has 4 rings (SSSR count). The number of hydrogen-bond acceptors (Lipinski definition) is 3. The summed E-state index contributed by atoms with van der Waals surface area (Å²) in [4.78, 5) is 30.6. The third kappa shape index (κ3) is 4.99. The first-order valence-electron chi connectivity index (χ1n) is 11.0. The summed E-state index contributed by atoms with van der Waals surface area (Å²) in [6.07, 6.45) is 6.64. The number of aryl methyl sites for hydroxylation is 1. The van der Waals surface area contributed by atoms with Crippen molar-refractivity contribution >= 4 is 22.7 Å². The van der Waals surface area contributed by atoms with Gasteiger partial charge in [0.05, 0.1) is 12.5 Å². The number of carbonyl (C=O) groups is 2. The van der Waals surface area contributed by atoms with Gasteiger partial charge in [-0.3, -0.25) is 14.5 Å². The lowest BCUT2D eigenvalue weighted by Gasteiger charge is -2.37. The maximum atomic E-state index is 12.6. The summed E-state index contributed by atoms with van der Waals surface area (Å²) in [6, 6.07) is 7.93. The fourth-order valence-electron chi connectivity index (χ4n) is 4.79. The summed E-state index contributed by atoms with van der Waals surface area (Å²) in [7, 11) is 0. The van der Waals surface area contributed by atoms with E-state index in [1.54, 1.807) is 0 Å². The fraction of sp³-hybridized carbons (Fsp3) is 0.565. The molecule has 1 atom stereocenters. The maximum absolute atomic E-state index is 12.6. The van der Waals surface area contributed by atoms with E-state index in [0.29, 0.717) is 19.0 Å². The average Bonchev–Trinajstić information content (AvgIpc) is 3.09. The largest absolute Gasteiger partial charge is 0.359 e. The fourth-order valence-corrected chi connectivity index (χ4v) is 4.79. The molecule has 1 aliphatic heterocycles. The lowest BCUT2D eigenvalue weighted by atomic mass is 9.88. The first-order chi connectivity index (χ1) is 14.1. The van der Waals surface area contributed by atoms with E-state index in [1.165, 1.54) is 32.1 Å². The monoisotopic (exact) mass is 396 g/mol. The molecule has 1 unspecified atom stereocenters. The third-order valence-corrected chi connectivity index (χ3v) is 6.35. The number of carbonyl (C=O) groups excluding carboxylic acids is 2. The molecule has 1 saturated carbocycles. The highest BCUT2D eigenvalue weighted by atomic mass is 16.2. The second-order valence-corrected chi connectivity index (χ2v) is 8.66. The van der Waals surface area contributed by atoms with E-state index in [2.05, 4.69) is 32.7 Å². The standard InChI is InChI=1S/C23H32N4O2/c1-16-11-19-12-18(7-8-20(19)26-16)14-25-22(28)13-21-23(29)24-9-10-27(21)15-17-5-3-2-4-6-17/h7-8,11-12,17,21,26H,2-6,9-10,13-15H2,1H3,(H,24,29)(H,25,28). The summed E-state index contributed by atoms with van der Waals surface area (Å²) in [5, 5.41) is 7.10. The van der Waals surface area contributed by atoms with Crippen molar-refractivity contribution in [3.8, 4) is 0 Å². The van der Waals surface area contributed by atoms with Crippen LogP contribution in [0.4, 0.5) is 0 Å². The van der Waals surface area contributed by atoms with E-state index in [4.69, 9.17) is 0 Å². The average molecular weight is 397 g/mol. The molecule has 29 heavy (non-hydrogen) atoms. The Kier molecular flexibility index (Phi) is 6.19. The maximum Gasteiger partial charge on any atom is 0.237 e. The van der Waals surface area contributed by atoms with Gasteiger partial charge in [-0.1, -0.05) is 25.3 Å². The SMILES string of the molecule is Cc1cc2cc(CNC(=O)CC3C(=O)NCCN3CC3CCCCC3)ccc2[nH]1. The van der Waals surface area contributed by atoms with Crippen LogP contribution in [0.1, 0.15) is 49.8 Å². The predicted octanol–water partition coefficient (Wildman–Crippen LogP) is 2.86. The van der Waals surface area contributed by atoms with E-state index in [1.807, 2.05) is 19.1 Å². The Hall–Kier alpha value is -2.34. The number of piperazine rings is 1. The van der Waals surface area contributed by atoms with E-state index in [9.17, 15) is 9.59 Å². The van der Waals surface area contributed by atoms with Gasteiger partial charge in [-0.2, -0.15) is 0 Å². The Morgan fingerprint density at radius 3 is 2.86 bits per heavy atom. The van der Waals surface area contributed by atoms with Crippen LogP contribution >= 0.6 is 0 Å². The molecule has 0 spiro atoms. The van der Waals surface area contributed by atoms with Crippen molar-refractivity contribution in [1.29, 1.82) is 0 Å². The minimum atomic E-state index is -0.347. The number of H-pyrrole nitrogens is 1. The molecule has 2 aromatic rings. The Morgan fingerprint density at radius 1 is 1.21 bits per heavy atom. The number of aromatic nitrogens is 1. The molecule has 2 aliphatic rings. The van der Waals surface area contributed by atoms with Gasteiger partial charge in [0.1, 0.15) is 0 Å². The van der Waals surface area contributed by atoms with E-state index >= 15 is 0 Å². The van der Waals surface area contributed by atoms with Crippen molar-refractivity contribution in [2.45, 2.75) is 58.0 Å². The molecule has 1 aliphatic carbocycles. The Labute approximate surface area is 172 Å². The summed E-state index contributed by atoms with van der Waals surface area (Å²) in [6.45, 7) is 4.98. The zero-order chi connectivity index (χ0) is 20.2. The predicted molar refractivity (Wildman–Crippen MR) is 114 cm³/mol. The van der Waals surface area contributed by atoms with Crippen LogP contribution in [0.5, 0.6) is 0 Å². The number of rotatable bonds is 6. The van der Waals surface area contributed by atoms with E-state index < -0.39 is 0 Å². The Morgan fingerprint density at radius 2 is 2.03 bits per heavy atom. The number of aromatic amines is 1. The number of hydrogen-bond donors (Lipinski definition) is 3. The van der Waals surface area contributed by atoms with Gasteiger partial charge in [-0.15, -0.1) is 0 Å². The summed E-state index contributed by atoms with van der Waals surface area (Å²) >= 11 is 0. The highest BCUT2D eigenvalue weighted by molar-refractivity contribution is 5.89. The van der Waals surface area contributed by atoms with E-state index in [-0.39, 0.29) is 24.3 Å². The van der Waals surface area contributed by atoms with Crippen molar-refractivity contribution in [2.75, 3.05) is 19.6 Å². The third-order valence-electron chi connectivity index (χ3n) is 6.35. The van der Waals surface area contributed by atoms with Crippen molar-refractivity contribution in [3.63, 3.8) is 0 Å². The number of fused-ring (bicyclic) bond motifs is 1. The summed E-state index contributed by atoms with van der Waals surface area (Å²) in [5.41, 5.74) is 3.30. The highest BCUT2D eigenvalue weighted by Gasteiger charge is 2.33. The second kappa shape index (κ2) is 8.99. The van der Waals surface area contributed by atoms with Gasteiger partial charge in [-0.25, -0.2) is 0 Å². The van der Waals surface area contributed by atoms with Gasteiger partial charge in [-0.05, 0) is 54.8 Å². The smallest absolute Gasteiger partial charge is 0.237 e. The molecular weight excluding hydrogens is 364 g/mol. The molecule has 2 fully saturated rings. The number of benzene rings is 1. The molecule has 1 aromatic heterocycles.